The number of nitrogens with zero attached hydrogens (tertiary/aromatic N) is 3. The van der Waals surface area contributed by atoms with Gasteiger partial charge in [-0.25, -0.2) is 4.98 Å². The number of ether oxygens (including phenoxy) is 2. The van der Waals surface area contributed by atoms with Crippen molar-refractivity contribution in [1.82, 2.24) is 14.5 Å². The number of hydrogen-bond acceptors (Lipinski definition) is 4. The molecule has 2 aliphatic rings. The quantitative estimate of drug-likeness (QED) is 0.776. The number of likely N-dealkylation sites (tertiary alicyclic amines) is 1. The van der Waals surface area contributed by atoms with E-state index in [4.69, 9.17) is 9.47 Å². The molecule has 1 aromatic heterocycles. The molecule has 0 unspecified atom stereocenters. The molecule has 2 aliphatic heterocycles. The van der Waals surface area contributed by atoms with Crippen LogP contribution in [0.3, 0.4) is 0 Å². The summed E-state index contributed by atoms with van der Waals surface area (Å²) < 4.78 is 13.6. The molecule has 0 aromatic carbocycles. The van der Waals surface area contributed by atoms with Gasteiger partial charge in [-0.15, -0.1) is 0 Å². The summed E-state index contributed by atoms with van der Waals surface area (Å²) in [5, 5.41) is 0. The summed E-state index contributed by atoms with van der Waals surface area (Å²) in [4.78, 5) is 6.52. The van der Waals surface area contributed by atoms with Crippen LogP contribution in [0.2, 0.25) is 0 Å². The number of hydrogen-bond donors (Lipinski definition) is 0. The summed E-state index contributed by atoms with van der Waals surface area (Å²) >= 11 is 0. The lowest BCUT2D eigenvalue weighted by molar-refractivity contribution is -0.185. The number of piperidine rings is 1. The minimum atomic E-state index is -0.245. The third-order valence-electron chi connectivity index (χ3n) is 3.67. The molecule has 2 saturated heterocycles. The Kier molecular flexibility index (Phi) is 3.13. The van der Waals surface area contributed by atoms with E-state index in [2.05, 4.69) is 14.5 Å². The van der Waals surface area contributed by atoms with E-state index in [0.29, 0.717) is 0 Å². The zero-order valence-electron chi connectivity index (χ0n) is 10.0. The SMILES string of the molecule is c1cn(CCN2CCC3(CC2)OCCO3)cn1. The standard InChI is InChI=1S/C12H19N3O2/c1-4-14(7-8-15-6-3-13-11-15)5-2-12(1)16-9-10-17-12/h3,6,11H,1-2,4-5,7-10H2. The number of imidazole rings is 1. The summed E-state index contributed by atoms with van der Waals surface area (Å²) in [6, 6.07) is 0. The van der Waals surface area contributed by atoms with Gasteiger partial charge in [0.05, 0.1) is 19.5 Å². The van der Waals surface area contributed by atoms with Gasteiger partial charge in [0.25, 0.3) is 0 Å². The van der Waals surface area contributed by atoms with Crippen LogP contribution in [0.15, 0.2) is 18.7 Å². The summed E-state index contributed by atoms with van der Waals surface area (Å²) in [7, 11) is 0. The van der Waals surface area contributed by atoms with Gasteiger partial charge in [0.2, 0.25) is 0 Å². The van der Waals surface area contributed by atoms with Gasteiger partial charge >= 0.3 is 0 Å². The van der Waals surface area contributed by atoms with Crippen molar-refractivity contribution >= 4 is 0 Å². The van der Waals surface area contributed by atoms with Crippen molar-refractivity contribution in [3.05, 3.63) is 18.7 Å². The second-order valence-electron chi connectivity index (χ2n) is 4.75. The highest BCUT2D eigenvalue weighted by Crippen LogP contribution is 2.30. The molecule has 0 bridgehead atoms. The molecule has 0 radical (unpaired) electrons. The Bertz CT molecular complexity index is 337. The first-order chi connectivity index (χ1) is 8.36. The van der Waals surface area contributed by atoms with Gasteiger partial charge in [-0.05, 0) is 0 Å². The van der Waals surface area contributed by atoms with Crippen molar-refractivity contribution in [2.75, 3.05) is 32.8 Å². The Morgan fingerprint density at radius 2 is 1.88 bits per heavy atom. The van der Waals surface area contributed by atoms with Crippen LogP contribution in [0.4, 0.5) is 0 Å². The van der Waals surface area contributed by atoms with Crippen LogP contribution in [0, 0.1) is 0 Å². The summed E-state index contributed by atoms with van der Waals surface area (Å²) in [6.07, 6.45) is 7.70. The topological polar surface area (TPSA) is 39.5 Å². The Hall–Kier alpha value is -0.910. The van der Waals surface area contributed by atoms with E-state index >= 15 is 0 Å². The number of aromatic nitrogens is 2. The fraction of sp³-hybridized carbons (Fsp3) is 0.750. The Balaban J connectivity index is 1.45. The van der Waals surface area contributed by atoms with Crippen molar-refractivity contribution in [2.24, 2.45) is 0 Å². The average molecular weight is 237 g/mol. The molecule has 0 aliphatic carbocycles. The van der Waals surface area contributed by atoms with Gasteiger partial charge in [0.1, 0.15) is 0 Å². The minimum Gasteiger partial charge on any atom is -0.347 e. The summed E-state index contributed by atoms with van der Waals surface area (Å²) in [5.74, 6) is -0.245. The summed E-state index contributed by atoms with van der Waals surface area (Å²) in [5.41, 5.74) is 0. The highest BCUT2D eigenvalue weighted by molar-refractivity contribution is 4.83. The van der Waals surface area contributed by atoms with Crippen molar-refractivity contribution in [2.45, 2.75) is 25.2 Å². The third kappa shape index (κ3) is 2.51. The van der Waals surface area contributed by atoms with Crippen LogP contribution >= 0.6 is 0 Å². The van der Waals surface area contributed by atoms with E-state index < -0.39 is 0 Å². The van der Waals surface area contributed by atoms with Gasteiger partial charge in [-0.2, -0.15) is 0 Å². The van der Waals surface area contributed by atoms with Crippen LogP contribution in [-0.4, -0.2) is 53.1 Å². The largest absolute Gasteiger partial charge is 0.347 e. The molecule has 94 valence electrons. The smallest absolute Gasteiger partial charge is 0.170 e. The molecule has 3 rings (SSSR count). The molecular formula is C12H19N3O2. The van der Waals surface area contributed by atoms with Crippen LogP contribution in [0.5, 0.6) is 0 Å². The van der Waals surface area contributed by atoms with Gasteiger partial charge < -0.3 is 18.9 Å². The molecule has 0 N–H and O–H groups in total. The van der Waals surface area contributed by atoms with E-state index in [1.807, 2.05) is 18.7 Å². The minimum absolute atomic E-state index is 0.245. The van der Waals surface area contributed by atoms with Crippen molar-refractivity contribution in [3.63, 3.8) is 0 Å². The second kappa shape index (κ2) is 4.76. The second-order valence-corrected chi connectivity index (χ2v) is 4.75. The van der Waals surface area contributed by atoms with Gasteiger partial charge in [0.15, 0.2) is 5.79 Å². The first-order valence-electron chi connectivity index (χ1n) is 6.32. The van der Waals surface area contributed by atoms with Gasteiger partial charge in [-0.1, -0.05) is 0 Å². The third-order valence-corrected chi connectivity index (χ3v) is 3.67. The Morgan fingerprint density at radius 1 is 1.12 bits per heavy atom. The van der Waals surface area contributed by atoms with Gasteiger partial charge in [0, 0.05) is 51.4 Å². The van der Waals surface area contributed by atoms with Crippen LogP contribution in [0.1, 0.15) is 12.8 Å². The predicted octanol–water partition coefficient (Wildman–Crippen LogP) is 0.722. The lowest BCUT2D eigenvalue weighted by Gasteiger charge is -2.37. The van der Waals surface area contributed by atoms with Crippen molar-refractivity contribution in [1.29, 1.82) is 0 Å². The first kappa shape index (κ1) is 11.2. The molecule has 0 atom stereocenters. The Morgan fingerprint density at radius 3 is 2.53 bits per heavy atom. The predicted molar refractivity (Wildman–Crippen MR) is 62.5 cm³/mol. The lowest BCUT2D eigenvalue weighted by Crippen LogP contribution is -2.45. The molecule has 1 aromatic rings. The fourth-order valence-corrected chi connectivity index (χ4v) is 2.58. The molecule has 5 nitrogen and oxygen atoms in total. The van der Waals surface area contributed by atoms with Gasteiger partial charge in [-0.3, -0.25) is 0 Å². The molecular weight excluding hydrogens is 218 g/mol. The lowest BCUT2D eigenvalue weighted by atomic mass is 10.0. The first-order valence-corrected chi connectivity index (χ1v) is 6.32. The van der Waals surface area contributed by atoms with E-state index in [9.17, 15) is 0 Å². The normalized spacial score (nSPS) is 24.5. The molecule has 5 heteroatoms. The molecule has 0 amide bonds. The monoisotopic (exact) mass is 237 g/mol. The van der Waals surface area contributed by atoms with Crippen LogP contribution < -0.4 is 0 Å². The summed E-state index contributed by atoms with van der Waals surface area (Å²) in [6.45, 7) is 5.73. The van der Waals surface area contributed by atoms with Crippen LogP contribution in [0.25, 0.3) is 0 Å². The average Bonchev–Trinajstić information content (AvgIpc) is 3.01. The zero-order valence-corrected chi connectivity index (χ0v) is 10.0. The molecule has 3 heterocycles. The number of rotatable bonds is 3. The van der Waals surface area contributed by atoms with E-state index in [-0.39, 0.29) is 5.79 Å². The highest BCUT2D eigenvalue weighted by Gasteiger charge is 2.39. The molecule has 1 spiro atoms. The van der Waals surface area contributed by atoms with Crippen molar-refractivity contribution in [3.8, 4) is 0 Å². The fourth-order valence-electron chi connectivity index (χ4n) is 2.58. The molecule has 0 saturated carbocycles. The zero-order chi connectivity index (χ0) is 11.6. The maximum absolute atomic E-state index is 5.72. The van der Waals surface area contributed by atoms with E-state index in [1.165, 1.54) is 0 Å². The molecule has 2 fully saturated rings. The van der Waals surface area contributed by atoms with Crippen LogP contribution in [-0.2, 0) is 16.0 Å². The molecule has 17 heavy (non-hydrogen) atoms. The maximum Gasteiger partial charge on any atom is 0.170 e. The van der Waals surface area contributed by atoms with E-state index in [1.54, 1.807) is 0 Å². The van der Waals surface area contributed by atoms with E-state index in [0.717, 1.165) is 52.2 Å². The van der Waals surface area contributed by atoms with Crippen molar-refractivity contribution < 1.29 is 9.47 Å². The maximum atomic E-state index is 5.72. The Labute approximate surface area is 101 Å². The highest BCUT2D eigenvalue weighted by atomic mass is 16.7.